The van der Waals surface area contributed by atoms with Crippen molar-refractivity contribution in [3.63, 3.8) is 0 Å². The molecule has 6 nitrogen and oxygen atoms in total. The summed E-state index contributed by atoms with van der Waals surface area (Å²) in [4.78, 5) is 29.4. The van der Waals surface area contributed by atoms with Crippen molar-refractivity contribution in [1.82, 2.24) is 15.0 Å². The zero-order valence-corrected chi connectivity index (χ0v) is 15.4. The Balaban J connectivity index is 1.88. The predicted octanol–water partition coefficient (Wildman–Crippen LogP) is 3.53. The number of aryl methyl sites for hydroxylation is 2. The molecule has 0 atom stereocenters. The van der Waals surface area contributed by atoms with Crippen LogP contribution in [0.25, 0.3) is 0 Å². The molecular weight excluding hydrogens is 322 g/mol. The van der Waals surface area contributed by atoms with Crippen molar-refractivity contribution in [3.8, 4) is 0 Å². The Labute approximate surface area is 146 Å². The van der Waals surface area contributed by atoms with E-state index in [0.717, 1.165) is 42.2 Å². The van der Waals surface area contributed by atoms with Crippen molar-refractivity contribution in [2.75, 3.05) is 23.3 Å². The van der Waals surface area contributed by atoms with Gasteiger partial charge in [0, 0.05) is 23.7 Å². The van der Waals surface area contributed by atoms with E-state index in [0.29, 0.717) is 16.8 Å². The fraction of sp³-hybridized carbons (Fsp3) is 0.529. The molecule has 0 bridgehead atoms. The topological polar surface area (TPSA) is 71.0 Å². The van der Waals surface area contributed by atoms with E-state index in [2.05, 4.69) is 39.0 Å². The van der Waals surface area contributed by atoms with Gasteiger partial charge in [-0.2, -0.15) is 0 Å². The molecule has 0 spiro atoms. The number of nitrogens with zero attached hydrogens (tertiary/aromatic N) is 4. The first-order valence-corrected chi connectivity index (χ1v) is 9.15. The molecule has 0 radical (unpaired) electrons. The van der Waals surface area contributed by atoms with Crippen LogP contribution >= 0.6 is 11.3 Å². The Morgan fingerprint density at radius 3 is 2.50 bits per heavy atom. The average molecular weight is 345 g/mol. The van der Waals surface area contributed by atoms with Gasteiger partial charge in [-0.25, -0.2) is 15.0 Å². The van der Waals surface area contributed by atoms with Gasteiger partial charge in [0.1, 0.15) is 5.69 Å². The van der Waals surface area contributed by atoms with Crippen LogP contribution in [0.2, 0.25) is 0 Å². The van der Waals surface area contributed by atoms with Gasteiger partial charge in [-0.1, -0.05) is 13.8 Å². The molecule has 1 fully saturated rings. The van der Waals surface area contributed by atoms with Crippen LogP contribution in [0.4, 0.5) is 11.1 Å². The molecule has 128 valence electrons. The number of rotatable bonds is 4. The lowest BCUT2D eigenvalue weighted by Gasteiger charge is -2.18. The molecule has 0 aromatic carbocycles. The summed E-state index contributed by atoms with van der Waals surface area (Å²) in [5.74, 6) is 0.675. The molecule has 0 saturated carbocycles. The fourth-order valence-corrected chi connectivity index (χ4v) is 3.42. The number of anilines is 2. The Morgan fingerprint density at radius 1 is 1.21 bits per heavy atom. The highest BCUT2D eigenvalue weighted by Crippen LogP contribution is 2.23. The Kier molecular flexibility index (Phi) is 4.80. The molecule has 0 aliphatic carbocycles. The first kappa shape index (κ1) is 16.8. The fourth-order valence-electron chi connectivity index (χ4n) is 2.61. The van der Waals surface area contributed by atoms with Crippen molar-refractivity contribution in [1.29, 1.82) is 0 Å². The van der Waals surface area contributed by atoms with E-state index in [-0.39, 0.29) is 11.8 Å². The Bertz CT molecular complexity index is 730. The van der Waals surface area contributed by atoms with Gasteiger partial charge in [0.25, 0.3) is 5.91 Å². The predicted molar refractivity (Wildman–Crippen MR) is 97.1 cm³/mol. The van der Waals surface area contributed by atoms with E-state index >= 15 is 0 Å². The van der Waals surface area contributed by atoms with Crippen LogP contribution in [0.5, 0.6) is 0 Å². The molecule has 3 rings (SSSR count). The number of hydrogen-bond acceptors (Lipinski definition) is 6. The minimum atomic E-state index is -0.228. The van der Waals surface area contributed by atoms with E-state index in [9.17, 15) is 4.79 Å². The van der Waals surface area contributed by atoms with E-state index in [1.807, 2.05) is 13.8 Å². The van der Waals surface area contributed by atoms with Crippen LogP contribution in [-0.2, 0) is 0 Å². The highest BCUT2D eigenvalue weighted by Gasteiger charge is 2.20. The van der Waals surface area contributed by atoms with Gasteiger partial charge < -0.3 is 4.90 Å². The van der Waals surface area contributed by atoms with Crippen LogP contribution in [0.15, 0.2) is 6.07 Å². The van der Waals surface area contributed by atoms with Gasteiger partial charge in [0.2, 0.25) is 5.95 Å². The molecule has 3 heterocycles. The molecule has 1 amide bonds. The van der Waals surface area contributed by atoms with Crippen molar-refractivity contribution in [2.24, 2.45) is 0 Å². The highest BCUT2D eigenvalue weighted by atomic mass is 32.1. The molecule has 1 saturated heterocycles. The SMILES string of the molecule is Cc1nc(NC(=O)c2cc(C(C)C)nc(N3CCCC3)n2)sc1C. The zero-order chi connectivity index (χ0) is 17.3. The quantitative estimate of drug-likeness (QED) is 0.918. The minimum absolute atomic E-state index is 0.228. The normalized spacial score (nSPS) is 14.5. The molecule has 2 aromatic rings. The summed E-state index contributed by atoms with van der Waals surface area (Å²) < 4.78 is 0. The number of nitrogens with one attached hydrogen (secondary N) is 1. The van der Waals surface area contributed by atoms with Gasteiger partial charge in [-0.05, 0) is 38.7 Å². The summed E-state index contributed by atoms with van der Waals surface area (Å²) in [5, 5.41) is 3.48. The van der Waals surface area contributed by atoms with E-state index in [1.54, 1.807) is 6.07 Å². The van der Waals surface area contributed by atoms with Crippen LogP contribution in [0.1, 0.15) is 59.4 Å². The van der Waals surface area contributed by atoms with Crippen molar-refractivity contribution in [2.45, 2.75) is 46.5 Å². The highest BCUT2D eigenvalue weighted by molar-refractivity contribution is 7.15. The van der Waals surface area contributed by atoms with Crippen LogP contribution in [0.3, 0.4) is 0 Å². The molecule has 2 aromatic heterocycles. The lowest BCUT2D eigenvalue weighted by atomic mass is 10.1. The monoisotopic (exact) mass is 345 g/mol. The van der Waals surface area contributed by atoms with Gasteiger partial charge in [-0.15, -0.1) is 11.3 Å². The van der Waals surface area contributed by atoms with Crippen molar-refractivity contribution in [3.05, 3.63) is 28.0 Å². The number of carbonyl (C=O) groups excluding carboxylic acids is 1. The van der Waals surface area contributed by atoms with Gasteiger partial charge >= 0.3 is 0 Å². The first-order chi connectivity index (χ1) is 11.4. The zero-order valence-electron chi connectivity index (χ0n) is 14.6. The largest absolute Gasteiger partial charge is 0.341 e. The molecule has 1 aliphatic heterocycles. The summed E-state index contributed by atoms with van der Waals surface area (Å²) in [7, 11) is 0. The molecule has 24 heavy (non-hydrogen) atoms. The average Bonchev–Trinajstić information content (AvgIpc) is 3.17. The van der Waals surface area contributed by atoms with Crippen molar-refractivity contribution >= 4 is 28.3 Å². The van der Waals surface area contributed by atoms with Crippen molar-refractivity contribution < 1.29 is 4.79 Å². The maximum absolute atomic E-state index is 12.6. The van der Waals surface area contributed by atoms with E-state index in [4.69, 9.17) is 0 Å². The second-order valence-corrected chi connectivity index (χ2v) is 7.64. The third-order valence-electron chi connectivity index (χ3n) is 4.20. The van der Waals surface area contributed by atoms with Crippen LogP contribution in [-0.4, -0.2) is 33.9 Å². The minimum Gasteiger partial charge on any atom is -0.341 e. The number of carbonyl (C=O) groups is 1. The van der Waals surface area contributed by atoms with Gasteiger partial charge in [-0.3, -0.25) is 10.1 Å². The third-order valence-corrected chi connectivity index (χ3v) is 5.18. The Hall–Kier alpha value is -2.02. The molecule has 0 unspecified atom stereocenters. The number of amides is 1. The smallest absolute Gasteiger partial charge is 0.276 e. The lowest BCUT2D eigenvalue weighted by Crippen LogP contribution is -2.23. The standard InChI is InChI=1S/C17H23N5OS/c1-10(2)13-9-14(20-16(19-13)22-7-5-6-8-22)15(23)21-17-18-11(3)12(4)24-17/h9-10H,5-8H2,1-4H3,(H,18,21,23). The van der Waals surface area contributed by atoms with Gasteiger partial charge in [0.05, 0.1) is 5.69 Å². The number of aromatic nitrogens is 3. The van der Waals surface area contributed by atoms with E-state index < -0.39 is 0 Å². The second-order valence-electron chi connectivity index (χ2n) is 6.44. The second kappa shape index (κ2) is 6.84. The summed E-state index contributed by atoms with van der Waals surface area (Å²) in [6.45, 7) is 9.99. The lowest BCUT2D eigenvalue weighted by molar-refractivity contribution is 0.102. The summed E-state index contributed by atoms with van der Waals surface area (Å²) in [6.07, 6.45) is 2.29. The van der Waals surface area contributed by atoms with Gasteiger partial charge in [0.15, 0.2) is 5.13 Å². The maximum Gasteiger partial charge on any atom is 0.276 e. The molecular formula is C17H23N5OS. The molecule has 1 aliphatic rings. The molecule has 7 heteroatoms. The third kappa shape index (κ3) is 3.56. The number of thiazole rings is 1. The maximum atomic E-state index is 12.6. The molecule has 1 N–H and O–H groups in total. The Morgan fingerprint density at radius 2 is 1.92 bits per heavy atom. The van der Waals surface area contributed by atoms with Crippen LogP contribution in [0, 0.1) is 13.8 Å². The number of hydrogen-bond donors (Lipinski definition) is 1. The van der Waals surface area contributed by atoms with Crippen LogP contribution < -0.4 is 10.2 Å². The summed E-state index contributed by atoms with van der Waals surface area (Å²) >= 11 is 1.48. The summed E-state index contributed by atoms with van der Waals surface area (Å²) in [5.41, 5.74) is 2.24. The van der Waals surface area contributed by atoms with E-state index in [1.165, 1.54) is 11.3 Å². The summed E-state index contributed by atoms with van der Waals surface area (Å²) in [6, 6.07) is 1.78. The first-order valence-electron chi connectivity index (χ1n) is 8.33.